The number of piperidine rings is 1. The van der Waals surface area contributed by atoms with Gasteiger partial charge in [-0.05, 0) is 80.5 Å². The Labute approximate surface area is 235 Å². The molecule has 3 amide bonds. The Bertz CT molecular complexity index is 1260. The molecule has 0 spiro atoms. The number of ether oxygens (including phenoxy) is 1. The third kappa shape index (κ3) is 6.55. The van der Waals surface area contributed by atoms with Crippen LogP contribution in [0.3, 0.4) is 0 Å². The molecule has 0 atom stereocenters. The number of nitrogens with one attached hydrogen (secondary N) is 1. The van der Waals surface area contributed by atoms with Crippen LogP contribution in [-0.4, -0.2) is 59.8 Å². The molecule has 2 aromatic carbocycles. The standard InChI is InChI=1S/C32H37N3O5/c1-39-28-15-9-25(10-16-28)31(37)35(22-23-6-3-2-4-7-23)27-13-11-26(12-14-27)33-30(36)24-17-19-34(20-18-24)32(38)29-8-5-21-40-29/h2-10,15-16,21,24,26-27H,11-14,17-20,22H2,1H3,(H,33,36). The molecule has 2 aliphatic rings. The van der Waals surface area contributed by atoms with E-state index in [9.17, 15) is 14.4 Å². The van der Waals surface area contributed by atoms with Crippen molar-refractivity contribution in [3.05, 3.63) is 89.9 Å². The average molecular weight is 544 g/mol. The predicted octanol–water partition coefficient (Wildman–Crippen LogP) is 4.91. The summed E-state index contributed by atoms with van der Waals surface area (Å²) < 4.78 is 10.5. The molecule has 8 nitrogen and oxygen atoms in total. The first-order chi connectivity index (χ1) is 19.5. The average Bonchev–Trinajstić information content (AvgIpc) is 3.56. The summed E-state index contributed by atoms with van der Waals surface area (Å²) in [4.78, 5) is 43.0. The summed E-state index contributed by atoms with van der Waals surface area (Å²) in [6, 6.07) is 20.9. The van der Waals surface area contributed by atoms with Crippen molar-refractivity contribution >= 4 is 17.7 Å². The lowest BCUT2D eigenvalue weighted by molar-refractivity contribution is -0.127. The molecule has 40 heavy (non-hydrogen) atoms. The second-order valence-corrected chi connectivity index (χ2v) is 10.7. The number of rotatable bonds is 8. The number of likely N-dealkylation sites (tertiary alicyclic amines) is 1. The zero-order valence-electron chi connectivity index (χ0n) is 23.0. The highest BCUT2D eigenvalue weighted by Gasteiger charge is 2.33. The fraction of sp³-hybridized carbons (Fsp3) is 0.406. The van der Waals surface area contributed by atoms with Crippen LogP contribution < -0.4 is 10.1 Å². The van der Waals surface area contributed by atoms with Crippen LogP contribution in [0.5, 0.6) is 5.75 Å². The van der Waals surface area contributed by atoms with Crippen molar-refractivity contribution in [2.24, 2.45) is 5.92 Å². The third-order valence-corrected chi connectivity index (χ3v) is 8.16. The number of benzene rings is 2. The Morgan fingerprint density at radius 3 is 2.23 bits per heavy atom. The number of furan rings is 1. The molecule has 2 fully saturated rings. The highest BCUT2D eigenvalue weighted by atomic mass is 16.5. The molecule has 3 aromatic rings. The van der Waals surface area contributed by atoms with Crippen LogP contribution >= 0.6 is 0 Å². The minimum absolute atomic E-state index is 0.00912. The summed E-state index contributed by atoms with van der Waals surface area (Å²) >= 11 is 0. The number of nitrogens with zero attached hydrogens (tertiary/aromatic N) is 2. The van der Waals surface area contributed by atoms with E-state index in [-0.39, 0.29) is 35.7 Å². The maximum atomic E-state index is 13.6. The molecule has 210 valence electrons. The van der Waals surface area contributed by atoms with Crippen LogP contribution in [0.25, 0.3) is 0 Å². The maximum Gasteiger partial charge on any atom is 0.289 e. The van der Waals surface area contributed by atoms with E-state index in [0.29, 0.717) is 43.8 Å². The van der Waals surface area contributed by atoms with Gasteiger partial charge < -0.3 is 24.3 Å². The molecule has 1 N–H and O–H groups in total. The quantitative estimate of drug-likeness (QED) is 0.436. The van der Waals surface area contributed by atoms with Crippen molar-refractivity contribution in [3.63, 3.8) is 0 Å². The Morgan fingerprint density at radius 2 is 1.60 bits per heavy atom. The lowest BCUT2D eigenvalue weighted by Crippen LogP contribution is -2.48. The van der Waals surface area contributed by atoms with Gasteiger partial charge in [-0.3, -0.25) is 14.4 Å². The molecule has 8 heteroatoms. The SMILES string of the molecule is COc1ccc(C(=O)N(Cc2ccccc2)C2CCC(NC(=O)C3CCN(C(=O)c4ccco4)CC3)CC2)cc1. The van der Waals surface area contributed by atoms with E-state index in [1.807, 2.05) is 59.5 Å². The zero-order chi connectivity index (χ0) is 27.9. The second-order valence-electron chi connectivity index (χ2n) is 10.7. The number of methoxy groups -OCH3 is 1. The van der Waals surface area contributed by atoms with E-state index in [0.717, 1.165) is 37.0 Å². The highest BCUT2D eigenvalue weighted by Crippen LogP contribution is 2.28. The molecule has 1 aliphatic heterocycles. The van der Waals surface area contributed by atoms with Crippen molar-refractivity contribution in [1.82, 2.24) is 15.1 Å². The van der Waals surface area contributed by atoms with E-state index >= 15 is 0 Å². The van der Waals surface area contributed by atoms with Gasteiger partial charge in [-0.15, -0.1) is 0 Å². The summed E-state index contributed by atoms with van der Waals surface area (Å²) in [5, 5.41) is 3.26. The van der Waals surface area contributed by atoms with Gasteiger partial charge >= 0.3 is 0 Å². The fourth-order valence-corrected chi connectivity index (χ4v) is 5.80. The number of carbonyl (C=O) groups is 3. The predicted molar refractivity (Wildman–Crippen MR) is 151 cm³/mol. The molecular weight excluding hydrogens is 506 g/mol. The summed E-state index contributed by atoms with van der Waals surface area (Å²) in [6.45, 7) is 1.64. The first kappa shape index (κ1) is 27.5. The van der Waals surface area contributed by atoms with Crippen molar-refractivity contribution < 1.29 is 23.5 Å². The van der Waals surface area contributed by atoms with Crippen molar-refractivity contribution in [3.8, 4) is 5.75 Å². The fourth-order valence-electron chi connectivity index (χ4n) is 5.80. The smallest absolute Gasteiger partial charge is 0.289 e. The molecule has 1 aromatic heterocycles. The van der Waals surface area contributed by atoms with Crippen LogP contribution in [0.4, 0.5) is 0 Å². The highest BCUT2D eigenvalue weighted by molar-refractivity contribution is 5.94. The van der Waals surface area contributed by atoms with E-state index in [2.05, 4.69) is 5.32 Å². The normalized spacial score (nSPS) is 19.6. The Hall–Kier alpha value is -4.07. The van der Waals surface area contributed by atoms with Gasteiger partial charge in [-0.2, -0.15) is 0 Å². The van der Waals surface area contributed by atoms with E-state index in [4.69, 9.17) is 9.15 Å². The van der Waals surface area contributed by atoms with Crippen molar-refractivity contribution in [2.45, 2.75) is 57.2 Å². The van der Waals surface area contributed by atoms with Gasteiger partial charge in [0.1, 0.15) is 5.75 Å². The molecule has 5 rings (SSSR count). The summed E-state index contributed by atoms with van der Waals surface area (Å²) in [5.74, 6) is 0.929. The van der Waals surface area contributed by atoms with Crippen LogP contribution in [-0.2, 0) is 11.3 Å². The third-order valence-electron chi connectivity index (χ3n) is 8.16. The monoisotopic (exact) mass is 543 g/mol. The van der Waals surface area contributed by atoms with Gasteiger partial charge in [0.25, 0.3) is 11.8 Å². The summed E-state index contributed by atoms with van der Waals surface area (Å²) in [7, 11) is 1.61. The molecule has 1 saturated carbocycles. The number of hydrogen-bond donors (Lipinski definition) is 1. The van der Waals surface area contributed by atoms with Crippen LogP contribution in [0.1, 0.15) is 65.0 Å². The number of amides is 3. The van der Waals surface area contributed by atoms with Gasteiger partial charge in [0.05, 0.1) is 13.4 Å². The first-order valence-electron chi connectivity index (χ1n) is 14.1. The van der Waals surface area contributed by atoms with Gasteiger partial charge in [0, 0.05) is 43.2 Å². The number of hydrogen-bond acceptors (Lipinski definition) is 5. The van der Waals surface area contributed by atoms with Gasteiger partial charge in [-0.1, -0.05) is 30.3 Å². The minimum atomic E-state index is -0.119. The lowest BCUT2D eigenvalue weighted by Gasteiger charge is -2.38. The minimum Gasteiger partial charge on any atom is -0.497 e. The largest absolute Gasteiger partial charge is 0.497 e. The van der Waals surface area contributed by atoms with E-state index in [1.54, 1.807) is 24.1 Å². The Morgan fingerprint density at radius 1 is 0.900 bits per heavy atom. The summed E-state index contributed by atoms with van der Waals surface area (Å²) in [5.41, 5.74) is 1.74. The van der Waals surface area contributed by atoms with Crippen LogP contribution in [0.15, 0.2) is 77.4 Å². The van der Waals surface area contributed by atoms with Gasteiger partial charge in [0.15, 0.2) is 5.76 Å². The molecular formula is C32H37N3O5. The molecule has 0 unspecified atom stereocenters. The zero-order valence-corrected chi connectivity index (χ0v) is 23.0. The van der Waals surface area contributed by atoms with Crippen molar-refractivity contribution in [1.29, 1.82) is 0 Å². The molecule has 2 heterocycles. The first-order valence-corrected chi connectivity index (χ1v) is 14.1. The molecule has 1 saturated heterocycles. The maximum absolute atomic E-state index is 13.6. The van der Waals surface area contributed by atoms with Crippen molar-refractivity contribution in [2.75, 3.05) is 20.2 Å². The number of carbonyl (C=O) groups excluding carboxylic acids is 3. The van der Waals surface area contributed by atoms with Gasteiger partial charge in [-0.25, -0.2) is 0 Å². The second kappa shape index (κ2) is 12.9. The van der Waals surface area contributed by atoms with Crippen LogP contribution in [0, 0.1) is 5.92 Å². The van der Waals surface area contributed by atoms with Gasteiger partial charge in [0.2, 0.25) is 5.91 Å². The molecule has 0 bridgehead atoms. The summed E-state index contributed by atoms with van der Waals surface area (Å²) in [6.07, 6.45) is 6.11. The Kier molecular flexibility index (Phi) is 8.84. The lowest BCUT2D eigenvalue weighted by atomic mass is 9.88. The van der Waals surface area contributed by atoms with E-state index in [1.165, 1.54) is 6.26 Å². The van der Waals surface area contributed by atoms with E-state index < -0.39 is 0 Å². The molecule has 0 radical (unpaired) electrons. The topological polar surface area (TPSA) is 92.1 Å². The Balaban J connectivity index is 1.15. The van der Waals surface area contributed by atoms with Crippen LogP contribution in [0.2, 0.25) is 0 Å². The molecule has 1 aliphatic carbocycles.